The molecule has 23 heavy (non-hydrogen) atoms. The van der Waals surface area contributed by atoms with Gasteiger partial charge in [0.15, 0.2) is 5.13 Å². The van der Waals surface area contributed by atoms with E-state index in [1.807, 2.05) is 51.1 Å². The Labute approximate surface area is 140 Å². The first kappa shape index (κ1) is 17.1. The molecule has 2 N–H and O–H groups in total. The highest BCUT2D eigenvalue weighted by Gasteiger charge is 2.15. The van der Waals surface area contributed by atoms with E-state index in [4.69, 9.17) is 0 Å². The highest BCUT2D eigenvalue weighted by Crippen LogP contribution is 2.18. The van der Waals surface area contributed by atoms with Gasteiger partial charge in [-0.05, 0) is 18.4 Å². The van der Waals surface area contributed by atoms with Crippen molar-refractivity contribution < 1.29 is 9.59 Å². The molecule has 0 aliphatic carbocycles. The van der Waals surface area contributed by atoms with Gasteiger partial charge >= 0.3 is 0 Å². The molecule has 0 spiro atoms. The number of thiazole rings is 1. The van der Waals surface area contributed by atoms with Crippen molar-refractivity contribution in [3.63, 3.8) is 0 Å². The number of carbonyl (C=O) groups is 2. The van der Waals surface area contributed by atoms with Crippen molar-refractivity contribution >= 4 is 28.3 Å². The molecular formula is C17H21N3O2S. The van der Waals surface area contributed by atoms with Crippen LogP contribution in [-0.4, -0.2) is 16.8 Å². The van der Waals surface area contributed by atoms with Crippen LogP contribution in [-0.2, 0) is 4.79 Å². The lowest BCUT2D eigenvalue weighted by Crippen LogP contribution is -2.27. The summed E-state index contributed by atoms with van der Waals surface area (Å²) >= 11 is 1.25. The fraction of sp³-hybridized carbons (Fsp3) is 0.353. The van der Waals surface area contributed by atoms with Crippen LogP contribution in [0.25, 0.3) is 0 Å². The first-order valence-electron chi connectivity index (χ1n) is 7.57. The molecule has 122 valence electrons. The van der Waals surface area contributed by atoms with Crippen LogP contribution >= 0.6 is 11.3 Å². The van der Waals surface area contributed by atoms with E-state index in [2.05, 4.69) is 15.6 Å². The largest absolute Gasteiger partial charge is 0.344 e. The summed E-state index contributed by atoms with van der Waals surface area (Å²) in [5, 5.41) is 7.73. The van der Waals surface area contributed by atoms with Crippen LogP contribution < -0.4 is 10.6 Å². The summed E-state index contributed by atoms with van der Waals surface area (Å²) in [5.41, 5.74) is 1.35. The lowest BCUT2D eigenvalue weighted by molar-refractivity contribution is -0.116. The number of hydrogen-bond donors (Lipinski definition) is 2. The van der Waals surface area contributed by atoms with Crippen LogP contribution in [0.15, 0.2) is 35.7 Å². The summed E-state index contributed by atoms with van der Waals surface area (Å²) in [6.45, 7) is 5.88. The SMILES string of the molecule is CC(C)CC(=O)Nc1nc(C(=O)NC(C)c2ccccc2)cs1. The third-order valence-electron chi connectivity index (χ3n) is 3.22. The number of benzene rings is 1. The molecule has 1 heterocycles. The predicted molar refractivity (Wildman–Crippen MR) is 92.5 cm³/mol. The summed E-state index contributed by atoms with van der Waals surface area (Å²) in [4.78, 5) is 28.1. The Morgan fingerprint density at radius 2 is 1.87 bits per heavy atom. The Hall–Kier alpha value is -2.21. The Morgan fingerprint density at radius 1 is 1.17 bits per heavy atom. The summed E-state index contributed by atoms with van der Waals surface area (Å²) in [6.07, 6.45) is 0.437. The second-order valence-electron chi connectivity index (χ2n) is 5.79. The number of aromatic nitrogens is 1. The van der Waals surface area contributed by atoms with E-state index in [9.17, 15) is 9.59 Å². The van der Waals surface area contributed by atoms with Gasteiger partial charge in [0.25, 0.3) is 5.91 Å². The van der Waals surface area contributed by atoms with Gasteiger partial charge in [-0.15, -0.1) is 11.3 Å². The Kier molecular flexibility index (Phi) is 5.87. The van der Waals surface area contributed by atoms with Gasteiger partial charge in [-0.25, -0.2) is 4.98 Å². The van der Waals surface area contributed by atoms with Crippen LogP contribution in [0.4, 0.5) is 5.13 Å². The van der Waals surface area contributed by atoms with Gasteiger partial charge in [-0.2, -0.15) is 0 Å². The first-order chi connectivity index (χ1) is 11.0. The van der Waals surface area contributed by atoms with Crippen molar-refractivity contribution in [1.82, 2.24) is 10.3 Å². The van der Waals surface area contributed by atoms with Gasteiger partial charge < -0.3 is 10.6 Å². The molecular weight excluding hydrogens is 310 g/mol. The summed E-state index contributed by atoms with van der Waals surface area (Å²) < 4.78 is 0. The molecule has 5 nitrogen and oxygen atoms in total. The van der Waals surface area contributed by atoms with Crippen LogP contribution in [0.5, 0.6) is 0 Å². The van der Waals surface area contributed by atoms with Crippen LogP contribution in [0, 0.1) is 5.92 Å². The maximum absolute atomic E-state index is 12.2. The molecule has 0 saturated carbocycles. The quantitative estimate of drug-likeness (QED) is 0.849. The molecule has 1 aromatic carbocycles. The maximum atomic E-state index is 12.2. The average Bonchev–Trinajstić information content (AvgIpc) is 2.95. The molecule has 1 unspecified atom stereocenters. The molecule has 0 fully saturated rings. The highest BCUT2D eigenvalue weighted by atomic mass is 32.1. The van der Waals surface area contributed by atoms with E-state index >= 15 is 0 Å². The van der Waals surface area contributed by atoms with Crippen molar-refractivity contribution in [2.24, 2.45) is 5.92 Å². The van der Waals surface area contributed by atoms with Gasteiger partial charge in [-0.1, -0.05) is 44.2 Å². The zero-order valence-electron chi connectivity index (χ0n) is 13.5. The number of nitrogens with zero attached hydrogens (tertiary/aromatic N) is 1. The topological polar surface area (TPSA) is 71.1 Å². The maximum Gasteiger partial charge on any atom is 0.271 e. The number of amides is 2. The van der Waals surface area contributed by atoms with Gasteiger partial charge in [0.05, 0.1) is 6.04 Å². The molecule has 0 aliphatic heterocycles. The molecule has 6 heteroatoms. The normalized spacial score (nSPS) is 12.0. The molecule has 2 amide bonds. The predicted octanol–water partition coefficient (Wildman–Crippen LogP) is 3.62. The Morgan fingerprint density at radius 3 is 2.52 bits per heavy atom. The first-order valence-corrected chi connectivity index (χ1v) is 8.45. The van der Waals surface area contributed by atoms with Crippen molar-refractivity contribution in [3.05, 3.63) is 47.0 Å². The third kappa shape index (κ3) is 5.17. The second kappa shape index (κ2) is 7.87. The molecule has 1 atom stereocenters. The van der Waals surface area contributed by atoms with Gasteiger partial charge in [-0.3, -0.25) is 9.59 Å². The van der Waals surface area contributed by atoms with Crippen molar-refractivity contribution in [3.8, 4) is 0 Å². The minimum atomic E-state index is -0.248. The average molecular weight is 331 g/mol. The molecule has 0 aliphatic rings. The minimum absolute atomic E-state index is 0.0843. The van der Waals surface area contributed by atoms with E-state index < -0.39 is 0 Å². The monoisotopic (exact) mass is 331 g/mol. The molecule has 2 rings (SSSR count). The number of nitrogens with one attached hydrogen (secondary N) is 2. The molecule has 1 aromatic heterocycles. The highest BCUT2D eigenvalue weighted by molar-refractivity contribution is 7.14. The Bertz CT molecular complexity index is 667. The summed E-state index contributed by atoms with van der Waals surface area (Å²) in [6, 6.07) is 9.62. The fourth-order valence-electron chi connectivity index (χ4n) is 2.07. The van der Waals surface area contributed by atoms with Crippen LogP contribution in [0.2, 0.25) is 0 Å². The molecule has 0 saturated heterocycles. The molecule has 0 radical (unpaired) electrons. The van der Waals surface area contributed by atoms with Crippen LogP contribution in [0.3, 0.4) is 0 Å². The number of carbonyl (C=O) groups excluding carboxylic acids is 2. The lowest BCUT2D eigenvalue weighted by atomic mass is 10.1. The lowest BCUT2D eigenvalue weighted by Gasteiger charge is -2.13. The summed E-state index contributed by atoms with van der Waals surface area (Å²) in [5.74, 6) is -0.0506. The van der Waals surface area contributed by atoms with Gasteiger partial charge in [0.1, 0.15) is 5.69 Å². The number of hydrogen-bond acceptors (Lipinski definition) is 4. The van der Waals surface area contributed by atoms with E-state index in [0.717, 1.165) is 5.56 Å². The molecule has 0 bridgehead atoms. The standard InChI is InChI=1S/C17H21N3O2S/c1-11(2)9-15(21)20-17-19-14(10-23-17)16(22)18-12(3)13-7-5-4-6-8-13/h4-8,10-12H,9H2,1-3H3,(H,18,22)(H,19,20,21). The Balaban J connectivity index is 1.94. The number of anilines is 1. The second-order valence-corrected chi connectivity index (χ2v) is 6.65. The number of rotatable bonds is 6. The molecule has 2 aromatic rings. The van der Waals surface area contributed by atoms with Crippen molar-refractivity contribution in [2.75, 3.05) is 5.32 Å². The summed E-state index contributed by atoms with van der Waals surface area (Å²) in [7, 11) is 0. The van der Waals surface area contributed by atoms with Crippen molar-refractivity contribution in [2.45, 2.75) is 33.2 Å². The van der Waals surface area contributed by atoms with E-state index in [0.29, 0.717) is 17.2 Å². The fourth-order valence-corrected chi connectivity index (χ4v) is 2.78. The smallest absolute Gasteiger partial charge is 0.271 e. The van der Waals surface area contributed by atoms with Crippen molar-refractivity contribution in [1.29, 1.82) is 0 Å². The van der Waals surface area contributed by atoms with E-state index in [1.165, 1.54) is 11.3 Å². The van der Waals surface area contributed by atoms with Gasteiger partial charge in [0, 0.05) is 11.8 Å². The van der Waals surface area contributed by atoms with Gasteiger partial charge in [0.2, 0.25) is 5.91 Å². The zero-order chi connectivity index (χ0) is 16.8. The van der Waals surface area contributed by atoms with E-state index in [1.54, 1.807) is 5.38 Å². The third-order valence-corrected chi connectivity index (χ3v) is 3.98. The minimum Gasteiger partial charge on any atom is -0.344 e. The zero-order valence-corrected chi connectivity index (χ0v) is 14.3. The van der Waals surface area contributed by atoms with Crippen LogP contribution in [0.1, 0.15) is 49.3 Å². The van der Waals surface area contributed by atoms with E-state index in [-0.39, 0.29) is 23.8 Å².